The predicted octanol–water partition coefficient (Wildman–Crippen LogP) is 0.339. The molecule has 1 aromatic heterocycles. The van der Waals surface area contributed by atoms with Crippen LogP contribution in [0.15, 0.2) is 12.1 Å². The highest BCUT2D eigenvalue weighted by Crippen LogP contribution is 2.02. The van der Waals surface area contributed by atoms with Crippen molar-refractivity contribution < 1.29 is 4.79 Å². The van der Waals surface area contributed by atoms with Gasteiger partial charge in [0.25, 0.3) is 0 Å². The Bertz CT molecular complexity index is 334. The molecule has 6 nitrogen and oxygen atoms in total. The van der Waals surface area contributed by atoms with E-state index in [1.165, 1.54) is 0 Å². The average molecular weight is 223 g/mol. The first kappa shape index (κ1) is 12.2. The van der Waals surface area contributed by atoms with Gasteiger partial charge in [0.05, 0.1) is 6.54 Å². The first-order chi connectivity index (χ1) is 7.67. The van der Waals surface area contributed by atoms with E-state index in [0.717, 1.165) is 0 Å². The predicted molar refractivity (Wildman–Crippen MR) is 62.9 cm³/mol. The number of nitrogens with one attached hydrogen (secondary N) is 1. The normalized spacial score (nSPS) is 9.88. The highest BCUT2D eigenvalue weighted by molar-refractivity contribution is 5.80. The van der Waals surface area contributed by atoms with Crippen LogP contribution in [0.1, 0.15) is 13.8 Å². The molecule has 0 aliphatic rings. The number of hydrogen-bond acceptors (Lipinski definition) is 5. The van der Waals surface area contributed by atoms with Gasteiger partial charge in [-0.15, -0.1) is 10.2 Å². The van der Waals surface area contributed by atoms with Crippen LogP contribution in [-0.4, -0.2) is 40.6 Å². The molecule has 6 heteroatoms. The van der Waals surface area contributed by atoms with Crippen molar-refractivity contribution in [1.29, 1.82) is 0 Å². The summed E-state index contributed by atoms with van der Waals surface area (Å²) in [6.07, 6.45) is 0. The molecule has 0 radical (unpaired) electrons. The first-order valence-corrected chi connectivity index (χ1v) is 5.28. The Kier molecular flexibility index (Phi) is 4.50. The van der Waals surface area contributed by atoms with E-state index in [1.54, 1.807) is 17.0 Å². The van der Waals surface area contributed by atoms with E-state index in [1.807, 2.05) is 13.8 Å². The van der Waals surface area contributed by atoms with E-state index in [9.17, 15) is 4.79 Å². The van der Waals surface area contributed by atoms with Gasteiger partial charge in [-0.2, -0.15) is 0 Å². The lowest BCUT2D eigenvalue weighted by Gasteiger charge is -2.18. The fraction of sp³-hybridized carbons (Fsp3) is 0.500. The number of nitrogens with zero attached hydrogens (tertiary/aromatic N) is 3. The molecule has 0 atom stereocenters. The zero-order valence-electron chi connectivity index (χ0n) is 9.60. The lowest BCUT2D eigenvalue weighted by Crippen LogP contribution is -2.35. The minimum atomic E-state index is 0.0450. The summed E-state index contributed by atoms with van der Waals surface area (Å²) in [5, 5.41) is 10.4. The topological polar surface area (TPSA) is 84.1 Å². The van der Waals surface area contributed by atoms with Gasteiger partial charge in [-0.3, -0.25) is 4.79 Å². The molecule has 0 aliphatic heterocycles. The molecule has 88 valence electrons. The van der Waals surface area contributed by atoms with Crippen molar-refractivity contribution in [2.45, 2.75) is 13.8 Å². The number of nitrogens with two attached hydrogens (primary N) is 1. The van der Waals surface area contributed by atoms with Crippen LogP contribution >= 0.6 is 0 Å². The third-order valence-corrected chi connectivity index (χ3v) is 2.22. The van der Waals surface area contributed by atoms with Gasteiger partial charge < -0.3 is 16.0 Å². The quantitative estimate of drug-likeness (QED) is 0.752. The summed E-state index contributed by atoms with van der Waals surface area (Å²) in [6.45, 7) is 5.55. The first-order valence-electron chi connectivity index (χ1n) is 5.28. The van der Waals surface area contributed by atoms with Crippen LogP contribution in [-0.2, 0) is 4.79 Å². The number of carbonyl (C=O) groups excluding carboxylic acids is 1. The maximum absolute atomic E-state index is 11.6. The van der Waals surface area contributed by atoms with E-state index >= 15 is 0 Å². The molecule has 0 spiro atoms. The molecule has 0 aliphatic carbocycles. The molecule has 0 aromatic carbocycles. The van der Waals surface area contributed by atoms with E-state index in [2.05, 4.69) is 15.5 Å². The second-order valence-electron chi connectivity index (χ2n) is 3.26. The van der Waals surface area contributed by atoms with Gasteiger partial charge in [0, 0.05) is 13.1 Å². The van der Waals surface area contributed by atoms with Crippen LogP contribution < -0.4 is 11.1 Å². The fourth-order valence-electron chi connectivity index (χ4n) is 1.29. The standard InChI is InChI=1S/C10H17N5O/c1-3-15(4-2)10(16)7-12-9-6-5-8(11)13-14-9/h5-6H,3-4,7H2,1-2H3,(H2,11,13)(H,12,14). The van der Waals surface area contributed by atoms with Crippen molar-refractivity contribution >= 4 is 17.5 Å². The molecule has 16 heavy (non-hydrogen) atoms. The summed E-state index contributed by atoms with van der Waals surface area (Å²) < 4.78 is 0. The van der Waals surface area contributed by atoms with Gasteiger partial charge in [-0.05, 0) is 26.0 Å². The second kappa shape index (κ2) is 5.89. The van der Waals surface area contributed by atoms with Gasteiger partial charge >= 0.3 is 0 Å². The number of rotatable bonds is 5. The zero-order valence-corrected chi connectivity index (χ0v) is 9.60. The van der Waals surface area contributed by atoms with Crippen LogP contribution in [0.5, 0.6) is 0 Å². The number of amides is 1. The number of anilines is 2. The Morgan fingerprint density at radius 2 is 2.06 bits per heavy atom. The minimum Gasteiger partial charge on any atom is -0.382 e. The smallest absolute Gasteiger partial charge is 0.241 e. The van der Waals surface area contributed by atoms with Gasteiger partial charge in [-0.1, -0.05) is 0 Å². The third kappa shape index (κ3) is 3.38. The van der Waals surface area contributed by atoms with Crippen molar-refractivity contribution in [3.8, 4) is 0 Å². The summed E-state index contributed by atoms with van der Waals surface area (Å²) in [4.78, 5) is 13.4. The maximum Gasteiger partial charge on any atom is 0.241 e. The Labute approximate surface area is 94.8 Å². The number of nitrogen functional groups attached to an aromatic ring is 1. The molecule has 0 bridgehead atoms. The Balaban J connectivity index is 2.45. The minimum absolute atomic E-state index is 0.0450. The molecule has 1 rings (SSSR count). The summed E-state index contributed by atoms with van der Waals surface area (Å²) in [6, 6.07) is 3.33. The summed E-state index contributed by atoms with van der Waals surface area (Å²) in [5.41, 5.74) is 5.40. The van der Waals surface area contributed by atoms with Gasteiger partial charge in [0.15, 0.2) is 0 Å². The summed E-state index contributed by atoms with van der Waals surface area (Å²) in [7, 11) is 0. The molecule has 0 saturated carbocycles. The molecule has 1 amide bonds. The van der Waals surface area contributed by atoms with Crippen molar-refractivity contribution in [2.75, 3.05) is 30.7 Å². The molecular weight excluding hydrogens is 206 g/mol. The van der Waals surface area contributed by atoms with Crippen molar-refractivity contribution in [2.24, 2.45) is 0 Å². The van der Waals surface area contributed by atoms with Crippen LogP contribution in [0.25, 0.3) is 0 Å². The molecule has 1 heterocycles. The Hall–Kier alpha value is -1.85. The Morgan fingerprint density at radius 3 is 2.56 bits per heavy atom. The molecule has 0 saturated heterocycles. The van der Waals surface area contributed by atoms with E-state index in [-0.39, 0.29) is 12.5 Å². The van der Waals surface area contributed by atoms with Gasteiger partial charge in [-0.25, -0.2) is 0 Å². The average Bonchev–Trinajstić information content (AvgIpc) is 2.30. The van der Waals surface area contributed by atoms with Crippen LogP contribution in [0.4, 0.5) is 11.6 Å². The van der Waals surface area contributed by atoms with Crippen molar-refractivity contribution in [3.05, 3.63) is 12.1 Å². The van der Waals surface area contributed by atoms with E-state index < -0.39 is 0 Å². The lowest BCUT2D eigenvalue weighted by atomic mass is 10.4. The lowest BCUT2D eigenvalue weighted by molar-refractivity contribution is -0.128. The summed E-state index contributed by atoms with van der Waals surface area (Å²) >= 11 is 0. The molecule has 1 aromatic rings. The number of hydrogen-bond donors (Lipinski definition) is 2. The molecule has 3 N–H and O–H groups in total. The number of aromatic nitrogens is 2. The SMILES string of the molecule is CCN(CC)C(=O)CNc1ccc(N)nn1. The highest BCUT2D eigenvalue weighted by atomic mass is 16.2. The Morgan fingerprint density at radius 1 is 1.38 bits per heavy atom. The van der Waals surface area contributed by atoms with E-state index in [0.29, 0.717) is 24.7 Å². The monoisotopic (exact) mass is 223 g/mol. The summed E-state index contributed by atoms with van der Waals surface area (Å²) in [5.74, 6) is 0.957. The largest absolute Gasteiger partial charge is 0.382 e. The zero-order chi connectivity index (χ0) is 12.0. The maximum atomic E-state index is 11.6. The van der Waals surface area contributed by atoms with Crippen molar-refractivity contribution in [1.82, 2.24) is 15.1 Å². The van der Waals surface area contributed by atoms with Crippen LogP contribution in [0.2, 0.25) is 0 Å². The third-order valence-electron chi connectivity index (χ3n) is 2.22. The second-order valence-corrected chi connectivity index (χ2v) is 3.26. The number of carbonyl (C=O) groups is 1. The van der Waals surface area contributed by atoms with E-state index in [4.69, 9.17) is 5.73 Å². The molecule has 0 fully saturated rings. The number of likely N-dealkylation sites (N-methyl/N-ethyl adjacent to an activating group) is 1. The van der Waals surface area contributed by atoms with Crippen molar-refractivity contribution in [3.63, 3.8) is 0 Å². The fourth-order valence-corrected chi connectivity index (χ4v) is 1.29. The molecular formula is C10H17N5O. The molecule has 0 unspecified atom stereocenters. The van der Waals surface area contributed by atoms with Gasteiger partial charge in [0.1, 0.15) is 11.6 Å². The van der Waals surface area contributed by atoms with Gasteiger partial charge in [0.2, 0.25) is 5.91 Å². The highest BCUT2D eigenvalue weighted by Gasteiger charge is 2.08. The van der Waals surface area contributed by atoms with Crippen LogP contribution in [0.3, 0.4) is 0 Å². The van der Waals surface area contributed by atoms with Crippen LogP contribution in [0, 0.1) is 0 Å².